The van der Waals surface area contributed by atoms with Crippen LogP contribution in [0.25, 0.3) is 0 Å². The lowest BCUT2D eigenvalue weighted by molar-refractivity contribution is 0.102. The number of hydrogen-bond donors (Lipinski definition) is 2. The van der Waals surface area contributed by atoms with Crippen molar-refractivity contribution < 1.29 is 14.3 Å². The van der Waals surface area contributed by atoms with Gasteiger partial charge < -0.3 is 20.3 Å². The second-order valence-corrected chi connectivity index (χ2v) is 10.0. The van der Waals surface area contributed by atoms with E-state index in [4.69, 9.17) is 16.3 Å². The third-order valence-corrected chi connectivity index (χ3v) is 7.71. The predicted octanol–water partition coefficient (Wildman–Crippen LogP) is 5.84. The Morgan fingerprint density at radius 3 is 2.79 bits per heavy atom. The van der Waals surface area contributed by atoms with E-state index in [-0.39, 0.29) is 17.9 Å². The fraction of sp³-hybridized carbons (Fsp3) is 0.480. The largest absolute Gasteiger partial charge is 0.495 e. The van der Waals surface area contributed by atoms with Gasteiger partial charge in [-0.05, 0) is 63.1 Å². The summed E-state index contributed by atoms with van der Waals surface area (Å²) in [5, 5.41) is 9.07. The molecule has 1 aliphatic carbocycles. The summed E-state index contributed by atoms with van der Waals surface area (Å²) in [6.45, 7) is 2.10. The van der Waals surface area contributed by atoms with E-state index in [0.717, 1.165) is 24.3 Å². The number of benzene rings is 1. The summed E-state index contributed by atoms with van der Waals surface area (Å²) < 4.78 is 5.14. The molecule has 34 heavy (non-hydrogen) atoms. The summed E-state index contributed by atoms with van der Waals surface area (Å²) >= 11 is 7.64. The van der Waals surface area contributed by atoms with Crippen LogP contribution >= 0.6 is 22.9 Å². The van der Waals surface area contributed by atoms with Crippen molar-refractivity contribution >= 4 is 40.6 Å². The van der Waals surface area contributed by atoms with Gasteiger partial charge in [-0.25, -0.2) is 9.78 Å². The first-order chi connectivity index (χ1) is 16.5. The van der Waals surface area contributed by atoms with Gasteiger partial charge in [0.1, 0.15) is 11.4 Å². The highest BCUT2D eigenvalue weighted by Crippen LogP contribution is 2.31. The number of methoxy groups -OCH3 is 1. The molecule has 2 aromatic rings. The Bertz CT molecular complexity index is 1050. The number of urea groups is 1. The number of piperidine rings is 1. The predicted molar refractivity (Wildman–Crippen MR) is 136 cm³/mol. The lowest BCUT2D eigenvalue weighted by Gasteiger charge is -2.31. The molecule has 0 atom stereocenters. The number of hydrogen-bond acceptors (Lipinski definition) is 5. The highest BCUT2D eigenvalue weighted by molar-refractivity contribution is 7.10. The van der Waals surface area contributed by atoms with Crippen molar-refractivity contribution in [3.8, 4) is 5.75 Å². The molecular formula is C25H31ClN4O3S. The first-order valence-electron chi connectivity index (χ1n) is 11.8. The van der Waals surface area contributed by atoms with Crippen molar-refractivity contribution in [1.82, 2.24) is 15.2 Å². The third-order valence-electron chi connectivity index (χ3n) is 6.40. The molecule has 1 fully saturated rings. The third kappa shape index (κ3) is 6.30. The van der Waals surface area contributed by atoms with Gasteiger partial charge in [0, 0.05) is 36.6 Å². The normalized spacial score (nSPS) is 16.6. The Hall–Kier alpha value is -2.58. The molecule has 0 bridgehead atoms. The molecule has 1 saturated heterocycles. The Balaban J connectivity index is 1.23. The molecule has 1 aliphatic heterocycles. The number of carbonyl (C=O) groups excluding carboxylic acids is 2. The number of ether oxygens (including phenoxy) is 1. The SMILES string of the molecule is COc1ccc(NC(=O)c2csc(C3CCN(C(=O)NCCC4=CCCCC4)CC3)n2)cc1Cl. The summed E-state index contributed by atoms with van der Waals surface area (Å²) in [4.78, 5) is 31.6. The smallest absolute Gasteiger partial charge is 0.317 e. The van der Waals surface area contributed by atoms with E-state index in [1.807, 2.05) is 4.90 Å². The zero-order chi connectivity index (χ0) is 23.9. The van der Waals surface area contributed by atoms with E-state index in [9.17, 15) is 9.59 Å². The van der Waals surface area contributed by atoms with Crippen LogP contribution in [0.3, 0.4) is 0 Å². The highest BCUT2D eigenvalue weighted by atomic mass is 35.5. The molecule has 9 heteroatoms. The summed E-state index contributed by atoms with van der Waals surface area (Å²) in [5.41, 5.74) is 2.46. The maximum absolute atomic E-state index is 12.6. The molecule has 2 aliphatic rings. The number of carbonyl (C=O) groups is 2. The van der Waals surface area contributed by atoms with Gasteiger partial charge in [-0.3, -0.25) is 4.79 Å². The van der Waals surface area contributed by atoms with E-state index in [2.05, 4.69) is 21.7 Å². The standard InChI is InChI=1S/C25H31ClN4O3S/c1-33-22-8-7-19(15-20(22)26)28-23(31)21-16-34-24(29-21)18-10-13-30(14-11-18)25(32)27-12-9-17-5-3-2-4-6-17/h5,7-8,15-16,18H,2-4,6,9-14H2,1H3,(H,27,32)(H,28,31). The van der Waals surface area contributed by atoms with Gasteiger partial charge in [-0.15, -0.1) is 11.3 Å². The minimum atomic E-state index is -0.270. The highest BCUT2D eigenvalue weighted by Gasteiger charge is 2.26. The van der Waals surface area contributed by atoms with Crippen molar-refractivity contribution in [2.24, 2.45) is 0 Å². The van der Waals surface area contributed by atoms with Gasteiger partial charge in [0.25, 0.3) is 5.91 Å². The molecule has 1 aromatic heterocycles. The Morgan fingerprint density at radius 1 is 1.26 bits per heavy atom. The number of anilines is 1. The molecule has 2 heterocycles. The van der Waals surface area contributed by atoms with Gasteiger partial charge in [0.05, 0.1) is 17.1 Å². The van der Waals surface area contributed by atoms with Gasteiger partial charge in [0.15, 0.2) is 0 Å². The number of halogens is 1. The van der Waals surface area contributed by atoms with Crippen molar-refractivity contribution in [2.75, 3.05) is 32.1 Å². The Labute approximate surface area is 209 Å². The molecule has 7 nitrogen and oxygen atoms in total. The van der Waals surface area contributed by atoms with Crippen LogP contribution in [-0.4, -0.2) is 48.6 Å². The number of allylic oxidation sites excluding steroid dienone is 1. The van der Waals surface area contributed by atoms with Gasteiger partial charge >= 0.3 is 6.03 Å². The number of likely N-dealkylation sites (tertiary alicyclic amines) is 1. The van der Waals surface area contributed by atoms with Gasteiger partial charge in [0.2, 0.25) is 0 Å². The quantitative estimate of drug-likeness (QED) is 0.466. The summed E-state index contributed by atoms with van der Waals surface area (Å²) in [5.74, 6) is 0.546. The summed E-state index contributed by atoms with van der Waals surface area (Å²) in [6.07, 6.45) is 9.87. The molecular weight excluding hydrogens is 472 g/mol. The Kier molecular flexibility index (Phi) is 8.45. The van der Waals surface area contributed by atoms with Gasteiger partial charge in [-0.2, -0.15) is 0 Å². The summed E-state index contributed by atoms with van der Waals surface area (Å²) in [7, 11) is 1.55. The fourth-order valence-electron chi connectivity index (χ4n) is 4.42. The number of thiazole rings is 1. The maximum Gasteiger partial charge on any atom is 0.317 e. The van der Waals surface area contributed by atoms with Crippen LogP contribution in [0.1, 0.15) is 66.4 Å². The first-order valence-corrected chi connectivity index (χ1v) is 13.1. The second-order valence-electron chi connectivity index (χ2n) is 8.73. The molecule has 0 spiro atoms. The molecule has 3 amide bonds. The number of nitrogens with zero attached hydrogens (tertiary/aromatic N) is 2. The van der Waals surface area contributed by atoms with E-state index in [1.165, 1.54) is 42.6 Å². The average molecular weight is 503 g/mol. The van der Waals surface area contributed by atoms with Crippen molar-refractivity contribution in [2.45, 2.75) is 50.9 Å². The molecule has 0 radical (unpaired) electrons. The molecule has 2 N–H and O–H groups in total. The molecule has 0 saturated carbocycles. The van der Waals surface area contributed by atoms with Crippen LogP contribution in [0.5, 0.6) is 5.75 Å². The van der Waals surface area contributed by atoms with Crippen molar-refractivity contribution in [3.05, 3.63) is 51.0 Å². The second kappa shape index (κ2) is 11.7. The number of aromatic nitrogens is 1. The van der Waals surface area contributed by atoms with Crippen LogP contribution in [-0.2, 0) is 0 Å². The van der Waals surface area contributed by atoms with Crippen LogP contribution in [0.2, 0.25) is 5.02 Å². The molecule has 4 rings (SSSR count). The average Bonchev–Trinajstić information content (AvgIpc) is 3.35. The van der Waals surface area contributed by atoms with Crippen molar-refractivity contribution in [3.63, 3.8) is 0 Å². The number of amides is 3. The summed E-state index contributed by atoms with van der Waals surface area (Å²) in [6, 6.07) is 5.12. The zero-order valence-electron chi connectivity index (χ0n) is 19.4. The first kappa shape index (κ1) is 24.5. The molecule has 182 valence electrons. The monoisotopic (exact) mass is 502 g/mol. The van der Waals surface area contributed by atoms with E-state index in [1.54, 1.807) is 30.7 Å². The fourth-order valence-corrected chi connectivity index (χ4v) is 5.65. The minimum absolute atomic E-state index is 0.0206. The minimum Gasteiger partial charge on any atom is -0.495 e. The Morgan fingerprint density at radius 2 is 2.09 bits per heavy atom. The zero-order valence-corrected chi connectivity index (χ0v) is 21.0. The number of nitrogens with one attached hydrogen (secondary N) is 2. The van der Waals surface area contributed by atoms with Crippen LogP contribution in [0.15, 0.2) is 35.2 Å². The maximum atomic E-state index is 12.6. The van der Waals surface area contributed by atoms with E-state index >= 15 is 0 Å². The van der Waals surface area contributed by atoms with Crippen LogP contribution in [0.4, 0.5) is 10.5 Å². The molecule has 1 aromatic carbocycles. The number of rotatable bonds is 7. The molecule has 0 unspecified atom stereocenters. The van der Waals surface area contributed by atoms with Gasteiger partial charge in [-0.1, -0.05) is 23.3 Å². The van der Waals surface area contributed by atoms with Crippen LogP contribution < -0.4 is 15.4 Å². The lowest BCUT2D eigenvalue weighted by atomic mass is 9.97. The van der Waals surface area contributed by atoms with E-state index in [0.29, 0.717) is 41.8 Å². The van der Waals surface area contributed by atoms with Crippen LogP contribution in [0, 0.1) is 0 Å². The van der Waals surface area contributed by atoms with Crippen molar-refractivity contribution in [1.29, 1.82) is 0 Å². The topological polar surface area (TPSA) is 83.6 Å². The van der Waals surface area contributed by atoms with E-state index < -0.39 is 0 Å². The lowest BCUT2D eigenvalue weighted by Crippen LogP contribution is -2.44.